The van der Waals surface area contributed by atoms with Gasteiger partial charge in [-0.3, -0.25) is 4.79 Å². The highest BCUT2D eigenvalue weighted by Crippen LogP contribution is 2.29. The zero-order valence-corrected chi connectivity index (χ0v) is 20.5. The topological polar surface area (TPSA) is 88.2 Å². The van der Waals surface area contributed by atoms with Gasteiger partial charge in [0.15, 0.2) is 11.5 Å². The van der Waals surface area contributed by atoms with Crippen molar-refractivity contribution in [2.24, 2.45) is 0 Å². The third kappa shape index (κ3) is 6.37. The fourth-order valence-electron chi connectivity index (χ4n) is 3.07. The molecule has 2 aromatic carbocycles. The van der Waals surface area contributed by atoms with Gasteiger partial charge in [-0.25, -0.2) is 4.31 Å². The molecule has 176 valence electrons. The Morgan fingerprint density at radius 3 is 2.25 bits per heavy atom. The third-order valence-electron chi connectivity index (χ3n) is 4.76. The van der Waals surface area contributed by atoms with Crippen LogP contribution >= 0.6 is 0 Å². The predicted octanol–water partition coefficient (Wildman–Crippen LogP) is 3.03. The summed E-state index contributed by atoms with van der Waals surface area (Å²) in [6, 6.07) is 11.0. The summed E-state index contributed by atoms with van der Waals surface area (Å²) >= 11 is 0. The highest BCUT2D eigenvalue weighted by atomic mass is 32.2. The van der Waals surface area contributed by atoms with Crippen LogP contribution in [-0.2, 0) is 21.5 Å². The molecule has 1 amide bonds. The van der Waals surface area contributed by atoms with E-state index in [4.69, 9.17) is 9.47 Å². The van der Waals surface area contributed by atoms with Crippen LogP contribution in [0.3, 0.4) is 0 Å². The van der Waals surface area contributed by atoms with Crippen molar-refractivity contribution >= 4 is 21.8 Å². The van der Waals surface area contributed by atoms with E-state index in [1.165, 1.54) is 14.1 Å². The fourth-order valence-corrected chi connectivity index (χ4v) is 4.19. The van der Waals surface area contributed by atoms with Gasteiger partial charge in [-0.1, -0.05) is 18.2 Å². The first-order valence-corrected chi connectivity index (χ1v) is 11.9. The highest BCUT2D eigenvalue weighted by Gasteiger charge is 2.28. The van der Waals surface area contributed by atoms with Crippen LogP contribution in [0.15, 0.2) is 36.4 Å². The Morgan fingerprint density at radius 2 is 1.62 bits per heavy atom. The van der Waals surface area contributed by atoms with Crippen LogP contribution in [0.2, 0.25) is 0 Å². The summed E-state index contributed by atoms with van der Waals surface area (Å²) in [5, 5.41) is 2.81. The second kappa shape index (κ2) is 11.2. The standard InChI is InChI=1S/C23H33N3O5S/c1-7-30-21-12-11-19(14-22(21)31-8-2)15-24-23(27)16-26(32(28,29)25(5)6)20-13-17(3)9-10-18(20)4/h9-14H,7-8,15-16H2,1-6H3,(H,24,27). The minimum absolute atomic E-state index is 0.230. The SMILES string of the molecule is CCOc1ccc(CNC(=O)CN(c2cc(C)ccc2C)S(=O)(=O)N(C)C)cc1OCC. The maximum absolute atomic E-state index is 13.0. The molecule has 0 aromatic heterocycles. The number of nitrogens with zero attached hydrogens (tertiary/aromatic N) is 2. The van der Waals surface area contributed by atoms with E-state index < -0.39 is 16.1 Å². The molecule has 0 aliphatic rings. The number of rotatable bonds is 11. The van der Waals surface area contributed by atoms with Crippen LogP contribution in [0, 0.1) is 13.8 Å². The highest BCUT2D eigenvalue weighted by molar-refractivity contribution is 7.90. The molecule has 0 unspecified atom stereocenters. The van der Waals surface area contributed by atoms with Crippen LogP contribution < -0.4 is 19.1 Å². The van der Waals surface area contributed by atoms with E-state index in [2.05, 4.69) is 5.32 Å². The van der Waals surface area contributed by atoms with Crippen LogP contribution in [-0.4, -0.2) is 52.5 Å². The molecule has 2 rings (SSSR count). The Hall–Kier alpha value is -2.78. The number of carbonyl (C=O) groups is 1. The Balaban J connectivity index is 2.21. The molecule has 0 saturated heterocycles. The number of hydrogen-bond donors (Lipinski definition) is 1. The minimum Gasteiger partial charge on any atom is -0.490 e. The molecule has 2 aromatic rings. The van der Waals surface area contributed by atoms with E-state index in [0.29, 0.717) is 30.4 Å². The summed E-state index contributed by atoms with van der Waals surface area (Å²) in [5.74, 6) is 0.832. The number of amides is 1. The summed E-state index contributed by atoms with van der Waals surface area (Å²) in [6.07, 6.45) is 0. The maximum atomic E-state index is 13.0. The Morgan fingerprint density at radius 1 is 0.969 bits per heavy atom. The Kier molecular flexibility index (Phi) is 8.91. The van der Waals surface area contributed by atoms with Crippen molar-refractivity contribution in [2.45, 2.75) is 34.2 Å². The van der Waals surface area contributed by atoms with Gasteiger partial charge in [0.1, 0.15) is 6.54 Å². The summed E-state index contributed by atoms with van der Waals surface area (Å²) in [4.78, 5) is 12.8. The molecule has 0 radical (unpaired) electrons. The molecule has 1 N–H and O–H groups in total. The van der Waals surface area contributed by atoms with Crippen LogP contribution in [0.1, 0.15) is 30.5 Å². The summed E-state index contributed by atoms with van der Waals surface area (Å²) in [6.45, 7) is 8.39. The fraction of sp³-hybridized carbons (Fsp3) is 0.435. The molecule has 0 saturated carbocycles. The zero-order valence-electron chi connectivity index (χ0n) is 19.6. The van der Waals surface area contributed by atoms with Gasteiger partial charge in [-0.2, -0.15) is 12.7 Å². The van der Waals surface area contributed by atoms with Crippen molar-refractivity contribution in [3.63, 3.8) is 0 Å². The van der Waals surface area contributed by atoms with Crippen LogP contribution in [0.4, 0.5) is 5.69 Å². The zero-order chi connectivity index (χ0) is 23.9. The second-order valence-corrected chi connectivity index (χ2v) is 9.58. The van der Waals surface area contributed by atoms with Gasteiger partial charge in [0.25, 0.3) is 0 Å². The third-order valence-corrected chi connectivity index (χ3v) is 6.56. The van der Waals surface area contributed by atoms with E-state index in [9.17, 15) is 13.2 Å². The average Bonchev–Trinajstić information content (AvgIpc) is 2.74. The van der Waals surface area contributed by atoms with Crippen molar-refractivity contribution in [1.82, 2.24) is 9.62 Å². The van der Waals surface area contributed by atoms with Gasteiger partial charge in [-0.15, -0.1) is 0 Å². The summed E-state index contributed by atoms with van der Waals surface area (Å²) in [7, 11) is -0.976. The quantitative estimate of drug-likeness (QED) is 0.553. The molecule has 32 heavy (non-hydrogen) atoms. The first-order valence-electron chi connectivity index (χ1n) is 10.5. The lowest BCUT2D eigenvalue weighted by Crippen LogP contribution is -2.46. The molecule has 0 fully saturated rings. The van der Waals surface area contributed by atoms with E-state index in [1.54, 1.807) is 12.1 Å². The smallest absolute Gasteiger partial charge is 0.304 e. The van der Waals surface area contributed by atoms with Crippen molar-refractivity contribution in [3.05, 3.63) is 53.1 Å². The molecule has 0 heterocycles. The molecule has 0 spiro atoms. The van der Waals surface area contributed by atoms with Crippen LogP contribution in [0.25, 0.3) is 0 Å². The Bertz CT molecular complexity index is 1040. The van der Waals surface area contributed by atoms with Crippen molar-refractivity contribution < 1.29 is 22.7 Å². The number of benzene rings is 2. The van der Waals surface area contributed by atoms with Crippen molar-refractivity contribution in [2.75, 3.05) is 38.2 Å². The molecule has 0 atom stereocenters. The summed E-state index contributed by atoms with van der Waals surface area (Å²) in [5.41, 5.74) is 2.97. The van der Waals surface area contributed by atoms with Crippen LogP contribution in [0.5, 0.6) is 11.5 Å². The second-order valence-electron chi connectivity index (χ2n) is 7.51. The lowest BCUT2D eigenvalue weighted by molar-refractivity contribution is -0.119. The largest absolute Gasteiger partial charge is 0.490 e. The number of nitrogens with one attached hydrogen (secondary N) is 1. The predicted molar refractivity (Wildman–Crippen MR) is 126 cm³/mol. The normalized spacial score (nSPS) is 11.3. The maximum Gasteiger partial charge on any atom is 0.304 e. The van der Waals surface area contributed by atoms with Gasteiger partial charge in [0.2, 0.25) is 5.91 Å². The number of hydrogen-bond acceptors (Lipinski definition) is 5. The number of anilines is 1. The summed E-state index contributed by atoms with van der Waals surface area (Å²) < 4.78 is 39.3. The number of carbonyl (C=O) groups excluding carboxylic acids is 1. The van der Waals surface area contributed by atoms with Crippen molar-refractivity contribution in [3.8, 4) is 11.5 Å². The lowest BCUT2D eigenvalue weighted by Gasteiger charge is -2.28. The lowest BCUT2D eigenvalue weighted by atomic mass is 10.1. The molecule has 8 nitrogen and oxygen atoms in total. The van der Waals surface area contributed by atoms with Gasteiger partial charge in [0.05, 0.1) is 18.9 Å². The van der Waals surface area contributed by atoms with E-state index >= 15 is 0 Å². The van der Waals surface area contributed by atoms with Crippen molar-refractivity contribution in [1.29, 1.82) is 0 Å². The average molecular weight is 464 g/mol. The monoisotopic (exact) mass is 463 g/mol. The van der Waals surface area contributed by atoms with E-state index in [1.807, 2.05) is 52.0 Å². The van der Waals surface area contributed by atoms with Gasteiger partial charge in [-0.05, 0) is 62.6 Å². The van der Waals surface area contributed by atoms with Gasteiger partial charge in [0, 0.05) is 20.6 Å². The Labute approximate surface area is 191 Å². The molecule has 9 heteroatoms. The van der Waals surface area contributed by atoms with E-state index in [-0.39, 0.29) is 13.1 Å². The molecule has 0 bridgehead atoms. The molecule has 0 aliphatic carbocycles. The van der Waals surface area contributed by atoms with E-state index in [0.717, 1.165) is 25.3 Å². The molecular formula is C23H33N3O5S. The minimum atomic E-state index is -3.87. The molecule has 0 aliphatic heterocycles. The molecular weight excluding hydrogens is 430 g/mol. The van der Waals surface area contributed by atoms with Gasteiger partial charge < -0.3 is 14.8 Å². The first-order chi connectivity index (χ1) is 15.1. The number of ether oxygens (including phenoxy) is 2. The van der Waals surface area contributed by atoms with Gasteiger partial charge >= 0.3 is 10.2 Å². The number of aryl methyl sites for hydroxylation is 2. The first kappa shape index (κ1) is 25.5.